The highest BCUT2D eigenvalue weighted by atomic mass is 127. The number of halogens is 1. The maximum absolute atomic E-state index is 11.5. The predicted octanol–water partition coefficient (Wildman–Crippen LogP) is 1.27. The van der Waals surface area contributed by atoms with Gasteiger partial charge < -0.3 is 4.74 Å². The maximum Gasteiger partial charge on any atom is 0.333 e. The van der Waals surface area contributed by atoms with Crippen molar-refractivity contribution in [1.29, 1.82) is 5.26 Å². The Balaban J connectivity index is 3.17. The van der Waals surface area contributed by atoms with Crippen LogP contribution in [-0.2, 0) is 15.1 Å². The zero-order valence-electron chi connectivity index (χ0n) is 8.61. The molecule has 0 aromatic carbocycles. The lowest BCUT2D eigenvalue weighted by molar-refractivity contribution is -0.150. The Kier molecular flexibility index (Phi) is 3.34. The average Bonchev–Trinajstić information content (AvgIpc) is 2.58. The van der Waals surface area contributed by atoms with Crippen LogP contribution in [-0.4, -0.2) is 22.9 Å². The molecule has 0 radical (unpaired) electrons. The number of nitrogens with zero attached hydrogens (tertiary/aromatic N) is 3. The van der Waals surface area contributed by atoms with Gasteiger partial charge in [0.2, 0.25) is 0 Å². The molecule has 1 aromatic heterocycles. The molecule has 0 aliphatic heterocycles. The lowest BCUT2D eigenvalue weighted by atomic mass is 10.1. The molecular formula is C9H10IN3O2. The van der Waals surface area contributed by atoms with Crippen molar-refractivity contribution in [3.8, 4) is 6.07 Å². The van der Waals surface area contributed by atoms with E-state index in [4.69, 9.17) is 5.26 Å². The van der Waals surface area contributed by atoms with Crippen LogP contribution in [0, 0.1) is 15.0 Å². The first-order valence-electron chi connectivity index (χ1n) is 4.17. The number of carbonyl (C=O) groups excluding carboxylic acids is 1. The van der Waals surface area contributed by atoms with E-state index in [2.05, 4.69) is 9.84 Å². The Morgan fingerprint density at radius 3 is 2.73 bits per heavy atom. The normalized spacial score (nSPS) is 10.9. The average molecular weight is 319 g/mol. The molecule has 1 heterocycles. The third-order valence-corrected chi connectivity index (χ3v) is 2.84. The monoisotopic (exact) mass is 319 g/mol. The van der Waals surface area contributed by atoms with Crippen molar-refractivity contribution in [3.63, 3.8) is 0 Å². The molecule has 1 aromatic rings. The molecule has 80 valence electrons. The number of hydrogen-bond acceptors (Lipinski definition) is 4. The van der Waals surface area contributed by atoms with Gasteiger partial charge in [0.25, 0.3) is 0 Å². The van der Waals surface area contributed by atoms with Crippen molar-refractivity contribution in [2.24, 2.45) is 0 Å². The molecule has 0 fully saturated rings. The third kappa shape index (κ3) is 2.12. The minimum atomic E-state index is -0.899. The van der Waals surface area contributed by atoms with E-state index < -0.39 is 11.5 Å². The largest absolute Gasteiger partial charge is 0.467 e. The van der Waals surface area contributed by atoms with Crippen molar-refractivity contribution in [2.45, 2.75) is 19.4 Å². The highest BCUT2D eigenvalue weighted by Gasteiger charge is 2.32. The number of hydrogen-bond donors (Lipinski definition) is 0. The number of aromatic nitrogens is 2. The van der Waals surface area contributed by atoms with Crippen molar-refractivity contribution in [2.75, 3.05) is 7.11 Å². The molecule has 0 saturated carbocycles. The molecule has 0 aliphatic rings. The number of methoxy groups -OCH3 is 1. The Labute approximate surface area is 101 Å². The third-order valence-electron chi connectivity index (χ3n) is 2.05. The molecule has 1 rings (SSSR count). The fraction of sp³-hybridized carbons (Fsp3) is 0.444. The van der Waals surface area contributed by atoms with Crippen LogP contribution in [0.3, 0.4) is 0 Å². The summed E-state index contributed by atoms with van der Waals surface area (Å²) in [4.78, 5) is 11.5. The summed E-state index contributed by atoms with van der Waals surface area (Å²) >= 11 is 1.95. The molecule has 0 bridgehead atoms. The summed E-state index contributed by atoms with van der Waals surface area (Å²) in [5, 5.41) is 12.9. The molecule has 6 heteroatoms. The van der Waals surface area contributed by atoms with Crippen LogP contribution in [0.15, 0.2) is 6.20 Å². The Bertz CT molecular complexity index is 431. The second-order valence-corrected chi connectivity index (χ2v) is 4.46. The van der Waals surface area contributed by atoms with E-state index in [1.807, 2.05) is 28.7 Å². The first-order valence-corrected chi connectivity index (χ1v) is 5.25. The summed E-state index contributed by atoms with van der Waals surface area (Å²) in [5.74, 6) is -0.397. The van der Waals surface area contributed by atoms with Crippen LogP contribution in [0.5, 0.6) is 0 Å². The highest BCUT2D eigenvalue weighted by Crippen LogP contribution is 2.19. The number of esters is 1. The molecule has 0 spiro atoms. The summed E-state index contributed by atoms with van der Waals surface area (Å²) in [6.07, 6.45) is 1.54. The molecule has 0 aliphatic carbocycles. The van der Waals surface area contributed by atoms with Crippen molar-refractivity contribution in [1.82, 2.24) is 9.78 Å². The predicted molar refractivity (Wildman–Crippen MR) is 61.0 cm³/mol. The molecule has 0 atom stereocenters. The fourth-order valence-electron chi connectivity index (χ4n) is 1.06. The number of ether oxygens (including phenoxy) is 1. The van der Waals surface area contributed by atoms with Gasteiger partial charge in [0, 0.05) is 6.20 Å². The summed E-state index contributed by atoms with van der Waals surface area (Å²) in [6.45, 7) is 3.37. The SMILES string of the molecule is COC(=O)C(C)(C)n1cc(C#N)c(I)n1. The molecule has 15 heavy (non-hydrogen) atoms. The van der Waals surface area contributed by atoms with Gasteiger partial charge in [0.1, 0.15) is 15.3 Å². The van der Waals surface area contributed by atoms with Crippen molar-refractivity contribution < 1.29 is 9.53 Å². The smallest absolute Gasteiger partial charge is 0.333 e. The standard InChI is InChI=1S/C9H10IN3O2/c1-9(2,8(14)15-3)13-5-6(4-11)7(10)12-13/h5H,1-3H3. The van der Waals surface area contributed by atoms with Crippen LogP contribution >= 0.6 is 22.6 Å². The molecule has 0 amide bonds. The van der Waals surface area contributed by atoms with Crippen LogP contribution in [0.2, 0.25) is 0 Å². The van der Waals surface area contributed by atoms with Gasteiger partial charge in [-0.3, -0.25) is 4.68 Å². The number of rotatable bonds is 2. The van der Waals surface area contributed by atoms with E-state index in [-0.39, 0.29) is 0 Å². The Morgan fingerprint density at radius 2 is 2.33 bits per heavy atom. The van der Waals surface area contributed by atoms with Gasteiger partial charge in [-0.1, -0.05) is 0 Å². The fourth-order valence-corrected chi connectivity index (χ4v) is 1.55. The second-order valence-electron chi connectivity index (χ2n) is 3.44. The highest BCUT2D eigenvalue weighted by molar-refractivity contribution is 14.1. The van der Waals surface area contributed by atoms with Gasteiger partial charge in [0.05, 0.1) is 7.11 Å². The Hall–Kier alpha value is -1.10. The quantitative estimate of drug-likeness (QED) is 0.608. The van der Waals surface area contributed by atoms with Gasteiger partial charge in [-0.15, -0.1) is 0 Å². The summed E-state index contributed by atoms with van der Waals surface area (Å²) in [5.41, 5.74) is -0.448. The van der Waals surface area contributed by atoms with Gasteiger partial charge >= 0.3 is 5.97 Å². The van der Waals surface area contributed by atoms with E-state index in [1.54, 1.807) is 20.0 Å². The second kappa shape index (κ2) is 4.18. The lowest BCUT2D eigenvalue weighted by Crippen LogP contribution is -2.37. The van der Waals surface area contributed by atoms with Crippen molar-refractivity contribution >= 4 is 28.6 Å². The summed E-state index contributed by atoms with van der Waals surface area (Å²) in [7, 11) is 1.32. The molecular weight excluding hydrogens is 309 g/mol. The van der Waals surface area contributed by atoms with Crippen LogP contribution in [0.25, 0.3) is 0 Å². The van der Waals surface area contributed by atoms with Gasteiger partial charge in [-0.2, -0.15) is 10.4 Å². The first-order chi connectivity index (χ1) is 6.93. The van der Waals surface area contributed by atoms with E-state index in [1.165, 1.54) is 11.8 Å². The van der Waals surface area contributed by atoms with Crippen LogP contribution in [0.1, 0.15) is 19.4 Å². The number of carbonyl (C=O) groups is 1. The van der Waals surface area contributed by atoms with Gasteiger partial charge in [0.15, 0.2) is 5.54 Å². The molecule has 0 unspecified atom stereocenters. The molecule has 0 saturated heterocycles. The van der Waals surface area contributed by atoms with E-state index in [9.17, 15) is 4.79 Å². The number of nitriles is 1. The maximum atomic E-state index is 11.5. The van der Waals surface area contributed by atoms with Crippen molar-refractivity contribution in [3.05, 3.63) is 15.5 Å². The lowest BCUT2D eigenvalue weighted by Gasteiger charge is -2.21. The molecule has 0 N–H and O–H groups in total. The first kappa shape index (κ1) is 12.0. The Morgan fingerprint density at radius 1 is 1.73 bits per heavy atom. The topological polar surface area (TPSA) is 67.9 Å². The minimum Gasteiger partial charge on any atom is -0.467 e. The summed E-state index contributed by atoms with van der Waals surface area (Å²) in [6, 6.07) is 2.00. The molecule has 5 nitrogen and oxygen atoms in total. The van der Waals surface area contributed by atoms with Crippen LogP contribution in [0.4, 0.5) is 0 Å². The van der Waals surface area contributed by atoms with Crippen LogP contribution < -0.4 is 0 Å². The van der Waals surface area contributed by atoms with E-state index in [0.29, 0.717) is 9.26 Å². The van der Waals surface area contributed by atoms with E-state index >= 15 is 0 Å². The van der Waals surface area contributed by atoms with Gasteiger partial charge in [-0.25, -0.2) is 4.79 Å². The van der Waals surface area contributed by atoms with Gasteiger partial charge in [-0.05, 0) is 36.4 Å². The minimum absolute atomic E-state index is 0.397. The van der Waals surface area contributed by atoms with E-state index in [0.717, 1.165) is 0 Å². The zero-order valence-corrected chi connectivity index (χ0v) is 10.8. The summed E-state index contributed by atoms with van der Waals surface area (Å²) < 4.78 is 6.69. The zero-order chi connectivity index (χ0) is 11.6.